The summed E-state index contributed by atoms with van der Waals surface area (Å²) < 4.78 is 49.3. The van der Waals surface area contributed by atoms with Gasteiger partial charge in [-0.1, -0.05) is 38.1 Å². The Labute approximate surface area is 427 Å². The van der Waals surface area contributed by atoms with Crippen molar-refractivity contribution in [3.63, 3.8) is 0 Å². The van der Waals surface area contributed by atoms with E-state index >= 15 is 0 Å². The Hall–Kier alpha value is -5.79. The number of nitro groups is 1. The minimum absolute atomic E-state index is 0.100. The number of piperidine rings is 1. The molecule has 2 saturated carbocycles. The van der Waals surface area contributed by atoms with Crippen LogP contribution in [0, 0.1) is 27.4 Å². The van der Waals surface area contributed by atoms with Crippen molar-refractivity contribution in [2.24, 2.45) is 17.3 Å². The maximum atomic E-state index is 14.8. The molecule has 388 valence electrons. The molecule has 3 atom stereocenters. The summed E-state index contributed by atoms with van der Waals surface area (Å²) in [7, 11) is -4.63. The van der Waals surface area contributed by atoms with E-state index < -0.39 is 37.0 Å². The molecule has 0 radical (unpaired) electrons. The highest BCUT2D eigenvalue weighted by Gasteiger charge is 2.50. The summed E-state index contributed by atoms with van der Waals surface area (Å²) in [5, 5.41) is 26.8. The largest absolute Gasteiger partial charge is 0.476 e. The van der Waals surface area contributed by atoms with Gasteiger partial charge in [0.1, 0.15) is 17.0 Å². The summed E-state index contributed by atoms with van der Waals surface area (Å²) in [5.74, 6) is 0.0386. The molecule has 6 aliphatic rings. The Morgan fingerprint density at radius 2 is 1.71 bits per heavy atom. The first-order valence-electron chi connectivity index (χ1n) is 26.3. The van der Waals surface area contributed by atoms with E-state index in [0.29, 0.717) is 87.1 Å². The van der Waals surface area contributed by atoms with E-state index in [1.165, 1.54) is 23.3 Å². The molecule has 17 nitrogen and oxygen atoms in total. The van der Waals surface area contributed by atoms with Crippen LogP contribution in [0.4, 0.5) is 28.4 Å². The van der Waals surface area contributed by atoms with Crippen molar-refractivity contribution in [1.82, 2.24) is 19.6 Å². The van der Waals surface area contributed by atoms with Crippen LogP contribution < -0.4 is 24.6 Å². The Bertz CT molecular complexity index is 2970. The van der Waals surface area contributed by atoms with Crippen molar-refractivity contribution in [3.05, 3.63) is 106 Å². The van der Waals surface area contributed by atoms with Gasteiger partial charge in [-0.2, -0.15) is 4.98 Å². The number of fused-ring (bicyclic) bond motifs is 3. The predicted molar refractivity (Wildman–Crippen MR) is 279 cm³/mol. The molecule has 4 aliphatic heterocycles. The van der Waals surface area contributed by atoms with Crippen LogP contribution in [0.2, 0.25) is 0 Å². The summed E-state index contributed by atoms with van der Waals surface area (Å²) in [6.45, 7) is 12.1. The molecular formula is C55H68N8O9S. The van der Waals surface area contributed by atoms with Gasteiger partial charge in [0.25, 0.3) is 21.6 Å². The fourth-order valence-electron chi connectivity index (χ4n) is 12.8. The molecule has 2 aromatic heterocycles. The molecule has 3 aromatic carbocycles. The van der Waals surface area contributed by atoms with Crippen molar-refractivity contribution < 1.29 is 37.5 Å². The Kier molecular flexibility index (Phi) is 13.4. The first-order chi connectivity index (χ1) is 35.1. The van der Waals surface area contributed by atoms with Gasteiger partial charge >= 0.3 is 0 Å². The molecular weight excluding hydrogens is 949 g/mol. The zero-order valence-corrected chi connectivity index (χ0v) is 42.9. The third-order valence-electron chi connectivity index (χ3n) is 17.0. The summed E-state index contributed by atoms with van der Waals surface area (Å²) in [4.78, 5) is 41.4. The number of aliphatic hydroxyl groups is 1. The van der Waals surface area contributed by atoms with Gasteiger partial charge in [-0.15, -0.1) is 0 Å². The van der Waals surface area contributed by atoms with Crippen molar-refractivity contribution >= 4 is 55.4 Å². The smallest absolute Gasteiger partial charge is 0.293 e. The zero-order chi connectivity index (χ0) is 50.6. The average molecular weight is 1020 g/mol. The lowest BCUT2D eigenvalue weighted by Gasteiger charge is -2.57. The van der Waals surface area contributed by atoms with Gasteiger partial charge in [-0.05, 0) is 136 Å². The van der Waals surface area contributed by atoms with Crippen molar-refractivity contribution in [2.45, 2.75) is 113 Å². The van der Waals surface area contributed by atoms with Crippen LogP contribution in [0.25, 0.3) is 11.0 Å². The predicted octanol–water partition coefficient (Wildman–Crippen LogP) is 8.82. The normalized spacial score (nSPS) is 25.6. The molecule has 6 heterocycles. The molecule has 0 unspecified atom stereocenters. The van der Waals surface area contributed by atoms with E-state index in [0.717, 1.165) is 81.9 Å². The molecule has 5 aromatic rings. The molecule has 5 fully saturated rings. The number of morpholine rings is 1. The summed E-state index contributed by atoms with van der Waals surface area (Å²) in [5.41, 5.74) is 4.90. The number of ether oxygens (including phenoxy) is 3. The second-order valence-corrected chi connectivity index (χ2v) is 23.8. The number of anilines is 4. The number of hydrogen-bond acceptors (Lipinski definition) is 14. The Morgan fingerprint density at radius 3 is 2.49 bits per heavy atom. The lowest BCUT2D eigenvalue weighted by Crippen LogP contribution is -2.58. The number of hydrogen-bond donors (Lipinski definition) is 4. The van der Waals surface area contributed by atoms with Crippen LogP contribution in [-0.4, -0.2) is 116 Å². The lowest BCUT2D eigenvalue weighted by molar-refractivity contribution is -0.384. The molecule has 2 aliphatic carbocycles. The fraction of sp³-hybridized carbons (Fsp3) is 0.527. The summed E-state index contributed by atoms with van der Waals surface area (Å²) in [6.07, 6.45) is 9.57. The van der Waals surface area contributed by atoms with E-state index in [4.69, 9.17) is 19.2 Å². The number of nitrogens with zero attached hydrogens (tertiary/aromatic N) is 5. The first-order valence-corrected chi connectivity index (χ1v) is 27.7. The van der Waals surface area contributed by atoms with Gasteiger partial charge in [-0.3, -0.25) is 19.8 Å². The minimum atomic E-state index is -4.63. The Morgan fingerprint density at radius 1 is 0.932 bits per heavy atom. The van der Waals surface area contributed by atoms with E-state index in [1.54, 1.807) is 6.07 Å². The highest BCUT2D eigenvalue weighted by Crippen LogP contribution is 2.54. The van der Waals surface area contributed by atoms with Crippen LogP contribution in [0.3, 0.4) is 0 Å². The number of carbonyl (C=O) groups excluding carboxylic acids is 1. The van der Waals surface area contributed by atoms with E-state index in [9.17, 15) is 28.4 Å². The molecule has 4 N–H and O–H groups in total. The highest BCUT2D eigenvalue weighted by molar-refractivity contribution is 7.90. The number of nitro benzene ring substituents is 1. The van der Waals surface area contributed by atoms with Crippen molar-refractivity contribution in [2.75, 3.05) is 74.3 Å². The number of aromatic amines is 1. The number of rotatable bonds is 12. The number of benzene rings is 3. The number of pyridine rings is 1. The van der Waals surface area contributed by atoms with Gasteiger partial charge in [0, 0.05) is 74.1 Å². The third-order valence-corrected chi connectivity index (χ3v) is 18.4. The number of H-pyrrole nitrogens is 1. The molecule has 11 rings (SSSR count). The van der Waals surface area contributed by atoms with E-state index in [-0.39, 0.29) is 40.6 Å². The average Bonchev–Trinajstić information content (AvgIpc) is 3.78. The molecule has 73 heavy (non-hydrogen) atoms. The highest BCUT2D eigenvalue weighted by atomic mass is 32.2. The van der Waals surface area contributed by atoms with E-state index in [2.05, 4.69) is 67.8 Å². The van der Waals surface area contributed by atoms with Crippen molar-refractivity contribution in [3.8, 4) is 5.88 Å². The van der Waals surface area contributed by atoms with Crippen LogP contribution in [0.1, 0.15) is 112 Å². The zero-order valence-electron chi connectivity index (χ0n) is 42.1. The van der Waals surface area contributed by atoms with Gasteiger partial charge in [0.15, 0.2) is 0 Å². The van der Waals surface area contributed by atoms with Crippen LogP contribution in [0.15, 0.2) is 83.9 Å². The maximum absolute atomic E-state index is 14.8. The van der Waals surface area contributed by atoms with Crippen LogP contribution >= 0.6 is 0 Å². The fourth-order valence-corrected chi connectivity index (χ4v) is 13.7. The van der Waals surface area contributed by atoms with Crippen molar-refractivity contribution in [1.29, 1.82) is 0 Å². The third kappa shape index (κ3) is 9.88. The van der Waals surface area contributed by atoms with Crippen LogP contribution in [-0.2, 0) is 19.5 Å². The quantitative estimate of drug-likeness (QED) is 0.0681. The lowest BCUT2D eigenvalue weighted by atomic mass is 9.59. The topological polar surface area (TPSA) is 205 Å². The van der Waals surface area contributed by atoms with Crippen LogP contribution in [0.5, 0.6) is 5.88 Å². The van der Waals surface area contributed by atoms with Gasteiger partial charge < -0.3 is 39.4 Å². The summed E-state index contributed by atoms with van der Waals surface area (Å²) in [6, 6.07) is 22.6. The summed E-state index contributed by atoms with van der Waals surface area (Å²) >= 11 is 0. The molecule has 18 heteroatoms. The first kappa shape index (κ1) is 49.4. The van der Waals surface area contributed by atoms with Gasteiger partial charge in [-0.25, -0.2) is 13.1 Å². The second-order valence-electron chi connectivity index (χ2n) is 22.2. The number of nitrogens with one attached hydrogen (secondary N) is 3. The molecule has 0 bridgehead atoms. The Balaban J connectivity index is 0.874. The molecule has 3 saturated heterocycles. The number of sulfonamides is 1. The second kappa shape index (κ2) is 19.8. The molecule has 1 amide bonds. The maximum Gasteiger partial charge on any atom is 0.293 e. The number of amides is 1. The monoisotopic (exact) mass is 1020 g/mol. The number of carbonyl (C=O) groups is 1. The standard InChI is InChI=1S/C55H68N8O9S/c1-35(2)42-6-4-5-7-43(42)50-34-71-25-23-61(50)40-29-55(30-40)18-21-60(22-19-55)39-8-10-44(47(27-39)62-46-15-24-70-32-38(46)33-72-53-49(62)26-37-14-20-56-51(37)58-53)52(64)59-73(68,69)41-9-11-45(48(28-41)63(66)67)57-31-36-12-16-54(3,65)17-13-36/h4-11,14,20,26-28,35-36,38,40,46,50,57,65H,12-13,15-19,21-25,29-34H2,1-3H3,(H,56,58)(H,59,64)/t36?,38-,46+,50+,54?/m1/s1. The minimum Gasteiger partial charge on any atom is -0.476 e. The SMILES string of the molecule is CC(C)c1ccccc1[C@@H]1COCCN1C1CC2(CCN(c3ccc(C(=O)NS(=O)(=O)c4ccc(NCC5CCC(C)(O)CC5)c([N+](=O)[O-])c4)c(N4c5cc6cc[nH]c6nc5OC[C@H]5COCC[C@@H]54)c3)CC2)C1. The van der Waals surface area contributed by atoms with Gasteiger partial charge in [0.05, 0.1) is 59.1 Å². The number of aromatic nitrogens is 2. The van der Waals surface area contributed by atoms with E-state index in [1.807, 2.05) is 37.4 Å². The van der Waals surface area contributed by atoms with Gasteiger partial charge in [0.2, 0.25) is 5.88 Å². The molecule has 1 spiro atoms.